The highest BCUT2D eigenvalue weighted by molar-refractivity contribution is 6.08. The quantitative estimate of drug-likeness (QED) is 0.213. The van der Waals surface area contributed by atoms with Crippen molar-refractivity contribution in [2.45, 2.75) is 20.8 Å². The zero-order valence-electron chi connectivity index (χ0n) is 17.1. The molecule has 140 valence electrons. The summed E-state index contributed by atoms with van der Waals surface area (Å²) in [7, 11) is 2.17. The molecule has 6 rings (SSSR count). The third kappa shape index (κ3) is 2.14. The smallest absolute Gasteiger partial charge is 0.256 e. The highest BCUT2D eigenvalue weighted by Gasteiger charge is 2.32. The van der Waals surface area contributed by atoms with Crippen molar-refractivity contribution in [3.05, 3.63) is 77.4 Å². The first-order valence-corrected chi connectivity index (χ1v) is 10.1. The van der Waals surface area contributed by atoms with Crippen LogP contribution in [0.5, 0.6) is 11.5 Å². The average molecular weight is 376 g/mol. The summed E-state index contributed by atoms with van der Waals surface area (Å²) in [5.41, 5.74) is 7.57. The third-order valence-electron chi connectivity index (χ3n) is 6.44. The Kier molecular flexibility index (Phi) is 3.18. The number of pyridine rings is 1. The molecule has 0 radical (unpaired) electrons. The van der Waals surface area contributed by atoms with E-state index in [1.54, 1.807) is 0 Å². The maximum absolute atomic E-state index is 6.51. The van der Waals surface area contributed by atoms with Gasteiger partial charge in [0, 0.05) is 11.5 Å². The fourth-order valence-electron chi connectivity index (χ4n) is 5.00. The van der Waals surface area contributed by atoms with Gasteiger partial charge in [0.25, 0.3) is 5.69 Å². The van der Waals surface area contributed by atoms with Crippen molar-refractivity contribution < 1.29 is 9.30 Å². The van der Waals surface area contributed by atoms with Crippen LogP contribution in [0.3, 0.4) is 0 Å². The van der Waals surface area contributed by atoms with Crippen molar-refractivity contribution in [2.75, 3.05) is 0 Å². The Morgan fingerprint density at radius 3 is 2.41 bits per heavy atom. The number of rotatable bonds is 0. The molecule has 2 heterocycles. The first-order chi connectivity index (χ1) is 14.0. The van der Waals surface area contributed by atoms with Crippen LogP contribution in [0.15, 0.2) is 60.7 Å². The Balaban J connectivity index is 1.85. The lowest BCUT2D eigenvalue weighted by Crippen LogP contribution is -2.34. The van der Waals surface area contributed by atoms with Crippen molar-refractivity contribution in [3.8, 4) is 22.8 Å². The van der Waals surface area contributed by atoms with Crippen molar-refractivity contribution in [1.29, 1.82) is 0 Å². The molecule has 2 nitrogen and oxygen atoms in total. The van der Waals surface area contributed by atoms with Gasteiger partial charge in [0.1, 0.15) is 12.8 Å². The van der Waals surface area contributed by atoms with E-state index in [1.807, 2.05) is 0 Å². The zero-order chi connectivity index (χ0) is 19.9. The Labute approximate surface area is 170 Å². The molecule has 29 heavy (non-hydrogen) atoms. The van der Waals surface area contributed by atoms with E-state index in [9.17, 15) is 0 Å². The minimum Gasteiger partial charge on any atom is -0.450 e. The summed E-state index contributed by atoms with van der Waals surface area (Å²) in [5.74, 6) is 1.90. The second-order valence-corrected chi connectivity index (χ2v) is 8.30. The van der Waals surface area contributed by atoms with Gasteiger partial charge in [-0.15, -0.1) is 0 Å². The van der Waals surface area contributed by atoms with E-state index in [1.165, 1.54) is 54.7 Å². The normalized spacial score (nSPS) is 12.4. The summed E-state index contributed by atoms with van der Waals surface area (Å²) in [6.45, 7) is 6.57. The van der Waals surface area contributed by atoms with E-state index >= 15 is 0 Å². The average Bonchev–Trinajstić information content (AvgIpc) is 2.70. The molecule has 1 aromatic heterocycles. The van der Waals surface area contributed by atoms with Crippen LogP contribution in [0.1, 0.15) is 16.7 Å². The predicted molar refractivity (Wildman–Crippen MR) is 120 cm³/mol. The van der Waals surface area contributed by atoms with Gasteiger partial charge in [0.2, 0.25) is 5.52 Å². The van der Waals surface area contributed by atoms with Crippen LogP contribution in [0.25, 0.3) is 43.7 Å². The lowest BCUT2D eigenvalue weighted by Gasteiger charge is -2.23. The van der Waals surface area contributed by atoms with Crippen LogP contribution in [0, 0.1) is 20.8 Å². The molecule has 5 aromatic rings. The minimum atomic E-state index is 0.934. The topological polar surface area (TPSA) is 13.1 Å². The van der Waals surface area contributed by atoms with Crippen molar-refractivity contribution in [3.63, 3.8) is 0 Å². The molecule has 0 fully saturated rings. The number of hydrogen-bond donors (Lipinski definition) is 0. The zero-order valence-corrected chi connectivity index (χ0v) is 17.1. The van der Waals surface area contributed by atoms with Gasteiger partial charge in [0.15, 0.2) is 5.75 Å². The number of hydrogen-bond acceptors (Lipinski definition) is 1. The summed E-state index contributed by atoms with van der Waals surface area (Å²) >= 11 is 0. The summed E-state index contributed by atoms with van der Waals surface area (Å²) in [6, 6.07) is 21.9. The van der Waals surface area contributed by atoms with Crippen LogP contribution < -0.4 is 9.30 Å². The molecule has 0 bridgehead atoms. The van der Waals surface area contributed by atoms with Crippen molar-refractivity contribution in [1.82, 2.24) is 0 Å². The SMILES string of the molecule is Cc1cc2c3c(c(C)c(C)cc3c1)-c1c(cc3ccc4ccccc4c3[n+]1C)O2. The molecule has 1 aliphatic rings. The highest BCUT2D eigenvalue weighted by Crippen LogP contribution is 2.48. The molecule has 0 spiro atoms. The lowest BCUT2D eigenvalue weighted by molar-refractivity contribution is -0.633. The van der Waals surface area contributed by atoms with E-state index in [0.29, 0.717) is 0 Å². The van der Waals surface area contributed by atoms with E-state index in [0.717, 1.165) is 17.2 Å². The molecule has 0 saturated heterocycles. The summed E-state index contributed by atoms with van der Waals surface area (Å²) in [5, 5.41) is 6.20. The summed E-state index contributed by atoms with van der Waals surface area (Å²) < 4.78 is 8.84. The Morgan fingerprint density at radius 1 is 0.759 bits per heavy atom. The van der Waals surface area contributed by atoms with Gasteiger partial charge in [-0.1, -0.05) is 36.4 Å². The second kappa shape index (κ2) is 5.57. The van der Waals surface area contributed by atoms with Crippen LogP contribution in [0.2, 0.25) is 0 Å². The molecule has 0 amide bonds. The first kappa shape index (κ1) is 16.6. The van der Waals surface area contributed by atoms with Gasteiger partial charge in [-0.25, -0.2) is 0 Å². The van der Waals surface area contributed by atoms with Crippen molar-refractivity contribution >= 4 is 32.4 Å². The standard InChI is InChI=1S/C27H22NO/c1-15-11-20-13-16(2)17(3)24-25(20)22(12-15)29-23-14-19-10-9-18-7-5-6-8-21(18)26(19)28(4)27(23)24/h5-14H,1-4H3/q+1. The predicted octanol–water partition coefficient (Wildman–Crippen LogP) is 6.67. The molecule has 1 aliphatic heterocycles. The molecule has 4 aromatic carbocycles. The first-order valence-electron chi connectivity index (χ1n) is 10.1. The number of benzene rings is 4. The van der Waals surface area contributed by atoms with Gasteiger partial charge in [-0.2, -0.15) is 4.57 Å². The van der Waals surface area contributed by atoms with Crippen LogP contribution >= 0.6 is 0 Å². The van der Waals surface area contributed by atoms with Crippen molar-refractivity contribution in [2.24, 2.45) is 7.05 Å². The summed E-state index contributed by atoms with van der Waals surface area (Å²) in [4.78, 5) is 0. The molecular weight excluding hydrogens is 354 g/mol. The molecule has 0 saturated carbocycles. The van der Waals surface area contributed by atoms with Gasteiger partial charge >= 0.3 is 0 Å². The molecule has 0 atom stereocenters. The lowest BCUT2D eigenvalue weighted by atomic mass is 9.89. The minimum absolute atomic E-state index is 0.934. The largest absolute Gasteiger partial charge is 0.450 e. The Morgan fingerprint density at radius 2 is 1.55 bits per heavy atom. The van der Waals surface area contributed by atoms with Crippen LogP contribution in [-0.4, -0.2) is 0 Å². The van der Waals surface area contributed by atoms with E-state index < -0.39 is 0 Å². The number of aryl methyl sites for hydroxylation is 3. The number of fused-ring (bicyclic) bond motifs is 5. The molecule has 0 unspecified atom stereocenters. The highest BCUT2D eigenvalue weighted by atomic mass is 16.5. The molecule has 0 aliphatic carbocycles. The van der Waals surface area contributed by atoms with Crippen LogP contribution in [-0.2, 0) is 7.05 Å². The molecule has 0 N–H and O–H groups in total. The van der Waals surface area contributed by atoms with Gasteiger partial charge in [0.05, 0.1) is 16.3 Å². The number of aromatic nitrogens is 1. The van der Waals surface area contributed by atoms with Crippen LogP contribution in [0.4, 0.5) is 0 Å². The van der Waals surface area contributed by atoms with Gasteiger partial charge in [-0.3, -0.25) is 0 Å². The van der Waals surface area contributed by atoms with Gasteiger partial charge in [-0.05, 0) is 66.4 Å². The molecular formula is C27H22NO+. The number of ether oxygens (including phenoxy) is 1. The summed E-state index contributed by atoms with van der Waals surface area (Å²) in [6.07, 6.45) is 0. The van der Waals surface area contributed by atoms with E-state index in [4.69, 9.17) is 4.74 Å². The fraction of sp³-hybridized carbons (Fsp3) is 0.148. The third-order valence-corrected chi connectivity index (χ3v) is 6.44. The maximum Gasteiger partial charge on any atom is 0.256 e. The van der Waals surface area contributed by atoms with E-state index in [2.05, 4.69) is 93.0 Å². The second-order valence-electron chi connectivity index (χ2n) is 8.30. The van der Waals surface area contributed by atoms with E-state index in [-0.39, 0.29) is 0 Å². The fourth-order valence-corrected chi connectivity index (χ4v) is 5.00. The molecule has 2 heteroatoms. The monoisotopic (exact) mass is 376 g/mol. The van der Waals surface area contributed by atoms with Gasteiger partial charge < -0.3 is 4.74 Å². The maximum atomic E-state index is 6.51. The number of nitrogens with zero attached hydrogens (tertiary/aromatic N) is 1. The Bertz CT molecular complexity index is 1510. The Hall–Kier alpha value is -3.39.